The van der Waals surface area contributed by atoms with Gasteiger partial charge in [0.25, 0.3) is 5.92 Å². The summed E-state index contributed by atoms with van der Waals surface area (Å²) in [5.74, 6) is -5.77. The third-order valence-corrected chi connectivity index (χ3v) is 8.15. The van der Waals surface area contributed by atoms with E-state index in [2.05, 4.69) is 15.2 Å². The van der Waals surface area contributed by atoms with E-state index in [-0.39, 0.29) is 24.0 Å². The largest absolute Gasteiger partial charge is 0.390 e. The molecule has 0 bridgehead atoms. The van der Waals surface area contributed by atoms with E-state index in [4.69, 9.17) is 15.3 Å². The van der Waals surface area contributed by atoms with Gasteiger partial charge in [-0.1, -0.05) is 18.2 Å². The van der Waals surface area contributed by atoms with E-state index in [9.17, 15) is 23.1 Å². The zero-order valence-corrected chi connectivity index (χ0v) is 25.0. The minimum Gasteiger partial charge on any atom is -0.390 e. The van der Waals surface area contributed by atoms with Crippen LogP contribution < -0.4 is 5.32 Å². The molecule has 0 aliphatic carbocycles. The van der Waals surface area contributed by atoms with Crippen molar-refractivity contribution in [2.45, 2.75) is 63.1 Å². The fraction of sp³-hybridized carbons (Fsp3) is 0.516. The molecule has 3 atom stereocenters. The first kappa shape index (κ1) is 34.7. The zero-order valence-electron chi connectivity index (χ0n) is 25.0. The van der Waals surface area contributed by atoms with E-state index in [1.165, 1.54) is 17.0 Å². The Balaban J connectivity index is 0.000000510. The average Bonchev–Trinajstić information content (AvgIpc) is 3.33. The number of aromatic amines is 1. The molecule has 45 heavy (non-hydrogen) atoms. The number of Topliss-reactive ketones (excluding diaryl/α,β-unsaturated/α-hetero) is 1. The number of benzene rings is 2. The van der Waals surface area contributed by atoms with Crippen LogP contribution >= 0.6 is 0 Å². The minimum absolute atomic E-state index is 0.0148. The lowest BCUT2D eigenvalue weighted by atomic mass is 9.87. The Labute approximate surface area is 257 Å². The molecule has 9 nitrogen and oxygen atoms in total. The van der Waals surface area contributed by atoms with E-state index >= 15 is 8.78 Å². The van der Waals surface area contributed by atoms with E-state index in [0.717, 1.165) is 23.4 Å². The molecule has 2 aliphatic rings. The molecule has 6 N–H and O–H groups in total. The Morgan fingerprint density at radius 3 is 2.33 bits per heavy atom. The number of H-pyrrole nitrogens is 1. The highest BCUT2D eigenvalue weighted by atomic mass is 19.3. The van der Waals surface area contributed by atoms with Crippen molar-refractivity contribution in [1.29, 1.82) is 0 Å². The molecular weight excluding hydrogens is 603 g/mol. The number of ketones is 1. The molecule has 5 rings (SSSR count). The molecule has 248 valence electrons. The Morgan fingerprint density at radius 2 is 1.78 bits per heavy atom. The summed E-state index contributed by atoms with van der Waals surface area (Å²) in [5, 5.41) is 37.8. The zero-order chi connectivity index (χ0) is 33.1. The molecule has 1 saturated heterocycles. The topological polar surface area (TPSA) is 132 Å². The van der Waals surface area contributed by atoms with Crippen molar-refractivity contribution in [2.24, 2.45) is 0 Å². The number of carbonyl (C=O) groups excluding carboxylic acids is 1. The first-order valence-electron chi connectivity index (χ1n) is 14.7. The molecule has 2 aromatic carbocycles. The second-order valence-corrected chi connectivity index (χ2v) is 11.7. The average molecular weight is 643 g/mol. The summed E-state index contributed by atoms with van der Waals surface area (Å²) in [5.41, 5.74) is 2.05. The number of aliphatic hydroxyl groups is 4. The highest BCUT2D eigenvalue weighted by molar-refractivity contribution is 5.85. The van der Waals surface area contributed by atoms with Crippen LogP contribution in [0.15, 0.2) is 36.4 Å². The Hall–Kier alpha value is -3.14. The maximum atomic E-state index is 15.7. The van der Waals surface area contributed by atoms with Crippen LogP contribution in [0.4, 0.5) is 27.6 Å². The highest BCUT2D eigenvalue weighted by Crippen LogP contribution is 2.43. The van der Waals surface area contributed by atoms with Crippen molar-refractivity contribution < 1.29 is 47.2 Å². The maximum absolute atomic E-state index is 15.7. The molecule has 3 aromatic rings. The Morgan fingerprint density at radius 1 is 1.13 bits per heavy atom. The number of fused-ring (bicyclic) bond motifs is 3. The maximum Gasteiger partial charge on any atom is 0.283 e. The van der Waals surface area contributed by atoms with E-state index in [0.29, 0.717) is 38.2 Å². The molecule has 0 amide bonds. The number of likely N-dealkylation sites (tertiary alicyclic amines) is 1. The van der Waals surface area contributed by atoms with Crippen molar-refractivity contribution in [2.75, 3.05) is 44.8 Å². The van der Waals surface area contributed by atoms with Gasteiger partial charge in [-0.15, -0.1) is 0 Å². The number of alkyl halides is 3. The van der Waals surface area contributed by atoms with Crippen LogP contribution in [0.25, 0.3) is 10.9 Å². The van der Waals surface area contributed by atoms with Crippen LogP contribution in [0.5, 0.6) is 0 Å². The van der Waals surface area contributed by atoms with Crippen molar-refractivity contribution in [1.82, 2.24) is 14.8 Å². The number of hydrogen-bond acceptors (Lipinski definition) is 8. The van der Waals surface area contributed by atoms with Crippen molar-refractivity contribution in [3.63, 3.8) is 0 Å². The summed E-state index contributed by atoms with van der Waals surface area (Å²) in [6.45, 7) is 2.16. The highest BCUT2D eigenvalue weighted by Gasteiger charge is 2.43. The van der Waals surface area contributed by atoms with Gasteiger partial charge < -0.3 is 30.7 Å². The van der Waals surface area contributed by atoms with Crippen molar-refractivity contribution >= 4 is 22.4 Å². The number of rotatable bonds is 11. The van der Waals surface area contributed by atoms with Crippen LogP contribution in [0.3, 0.4) is 0 Å². The van der Waals surface area contributed by atoms with Gasteiger partial charge in [-0.25, -0.2) is 17.6 Å². The summed E-state index contributed by atoms with van der Waals surface area (Å²) in [6.07, 6.45) is -2.74. The molecule has 0 unspecified atom stereocenters. The Kier molecular flexibility index (Phi) is 11.2. The number of aromatic nitrogens is 1. The number of nitrogens with zero attached hydrogens (tertiary/aromatic N) is 2. The lowest BCUT2D eigenvalue weighted by Crippen LogP contribution is -2.54. The predicted octanol–water partition coefficient (Wildman–Crippen LogP) is 3.11. The normalized spacial score (nSPS) is 20.0. The van der Waals surface area contributed by atoms with Crippen LogP contribution in [0.1, 0.15) is 43.1 Å². The molecule has 0 radical (unpaired) electrons. The number of halogens is 5. The lowest BCUT2D eigenvalue weighted by Gasteiger charge is -2.42. The van der Waals surface area contributed by atoms with Crippen LogP contribution in [-0.4, -0.2) is 111 Å². The number of para-hydroxylation sites is 1. The fourth-order valence-electron chi connectivity index (χ4n) is 5.88. The second-order valence-electron chi connectivity index (χ2n) is 11.7. The summed E-state index contributed by atoms with van der Waals surface area (Å²) in [6, 6.07) is 8.25. The number of aliphatic hydroxyl groups excluding tert-OH is 3. The quantitative estimate of drug-likeness (QED) is 0.139. The number of nitrogens with one attached hydrogen (secondary N) is 2. The van der Waals surface area contributed by atoms with Crippen LogP contribution in [0, 0.1) is 11.6 Å². The minimum atomic E-state index is -3.44. The van der Waals surface area contributed by atoms with Gasteiger partial charge in [-0.2, -0.15) is 0 Å². The molecule has 14 heteroatoms. The van der Waals surface area contributed by atoms with Crippen LogP contribution in [0.2, 0.25) is 0 Å². The van der Waals surface area contributed by atoms with Gasteiger partial charge in [-0.3, -0.25) is 19.0 Å². The van der Waals surface area contributed by atoms with Gasteiger partial charge in [-0.05, 0) is 50.5 Å². The molecule has 2 aliphatic heterocycles. The summed E-state index contributed by atoms with van der Waals surface area (Å²) >= 11 is 0. The fourth-order valence-corrected chi connectivity index (χ4v) is 5.88. The molecule has 0 saturated carbocycles. The standard InChI is InChI=1S/C27H31F5N4O.C4H8O4/c1-16-9-20-19-5-2-3-6-23(19)34-25(20)26(36(16)14-27(31,32)15-37)24-21(29)10-17(11-22(24)30)33-18-12-35(13-18)8-4-7-28;1-2(5)3(6)4(7)8/h2-3,5-6,10-11,16,18,26,33-34,37H,4,7-9,12-15H2,1H3;3-4,6-8H,1H3/t16-,26-;3-/m10/s1. The molecular formula is C31H39F5N4O5. The second kappa shape index (κ2) is 14.5. The lowest BCUT2D eigenvalue weighted by molar-refractivity contribution is -0.152. The molecule has 0 spiro atoms. The van der Waals surface area contributed by atoms with Crippen molar-refractivity contribution in [3.05, 3.63) is 64.9 Å². The van der Waals surface area contributed by atoms with Gasteiger partial charge in [0.05, 0.1) is 25.3 Å². The summed E-state index contributed by atoms with van der Waals surface area (Å²) < 4.78 is 72.5. The Bertz CT molecular complexity index is 1440. The third-order valence-electron chi connectivity index (χ3n) is 8.15. The van der Waals surface area contributed by atoms with Gasteiger partial charge in [0, 0.05) is 53.5 Å². The number of hydrogen-bond donors (Lipinski definition) is 6. The molecule has 3 heterocycles. The predicted molar refractivity (Wildman–Crippen MR) is 158 cm³/mol. The first-order chi connectivity index (χ1) is 21.3. The van der Waals surface area contributed by atoms with Gasteiger partial charge in [0.15, 0.2) is 18.2 Å². The summed E-state index contributed by atoms with van der Waals surface area (Å²) in [4.78, 5) is 16.7. The number of carbonyl (C=O) groups is 1. The third kappa shape index (κ3) is 7.99. The van der Waals surface area contributed by atoms with E-state index < -0.39 is 61.0 Å². The molecule has 1 aromatic heterocycles. The monoisotopic (exact) mass is 642 g/mol. The van der Waals surface area contributed by atoms with E-state index in [1.807, 2.05) is 24.3 Å². The first-order valence-corrected chi connectivity index (χ1v) is 14.7. The number of anilines is 1. The smallest absolute Gasteiger partial charge is 0.283 e. The van der Waals surface area contributed by atoms with Crippen molar-refractivity contribution in [3.8, 4) is 0 Å². The van der Waals surface area contributed by atoms with E-state index in [1.54, 1.807) is 6.92 Å². The van der Waals surface area contributed by atoms with Gasteiger partial charge >= 0.3 is 0 Å². The van der Waals surface area contributed by atoms with Crippen LogP contribution in [-0.2, 0) is 11.2 Å². The van der Waals surface area contributed by atoms with Gasteiger partial charge in [0.1, 0.15) is 18.2 Å². The molecule has 1 fully saturated rings. The summed E-state index contributed by atoms with van der Waals surface area (Å²) in [7, 11) is 0. The SMILES string of the molecule is CC(=O)[C@H](O)C(O)O.C[C@@H]1Cc2c([nH]c3ccccc23)[C@@H](c2c(F)cc(NC3CN(CCCF)C3)cc2F)N1CC(F)(F)CO. The van der Waals surface area contributed by atoms with Gasteiger partial charge in [0.2, 0.25) is 0 Å².